The van der Waals surface area contributed by atoms with Gasteiger partial charge in [0.05, 0.1) is 6.20 Å². The fourth-order valence-electron chi connectivity index (χ4n) is 3.32. The number of rotatable bonds is 6. The van der Waals surface area contributed by atoms with E-state index in [-0.39, 0.29) is 5.92 Å². The van der Waals surface area contributed by atoms with Crippen molar-refractivity contribution in [3.63, 3.8) is 0 Å². The normalized spacial score (nSPS) is 18.9. The van der Waals surface area contributed by atoms with Gasteiger partial charge in [-0.2, -0.15) is 5.10 Å². The second kappa shape index (κ2) is 7.55. The summed E-state index contributed by atoms with van der Waals surface area (Å²) in [5, 5.41) is 4.33. The molecule has 1 aliphatic rings. The molecule has 0 amide bonds. The number of aryl methyl sites for hydroxylation is 1. The first-order chi connectivity index (χ1) is 11.2. The van der Waals surface area contributed by atoms with E-state index < -0.39 is 0 Å². The van der Waals surface area contributed by atoms with Crippen LogP contribution in [0.2, 0.25) is 0 Å². The third-order valence-electron chi connectivity index (χ3n) is 4.60. The number of hydrogen-bond acceptors (Lipinski definition) is 3. The number of carbonyl (C=O) groups excluding carboxylic acids is 1. The van der Waals surface area contributed by atoms with E-state index in [4.69, 9.17) is 0 Å². The van der Waals surface area contributed by atoms with Crippen molar-refractivity contribution in [2.75, 3.05) is 13.1 Å². The van der Waals surface area contributed by atoms with E-state index in [0.29, 0.717) is 12.2 Å². The summed E-state index contributed by atoms with van der Waals surface area (Å²) < 4.78 is 1.96. The molecule has 1 atom stereocenters. The van der Waals surface area contributed by atoms with E-state index in [0.717, 1.165) is 44.6 Å². The number of carbonyl (C=O) groups is 1. The lowest BCUT2D eigenvalue weighted by molar-refractivity contribution is -0.123. The maximum Gasteiger partial charge on any atom is 0.141 e. The molecule has 1 aliphatic heterocycles. The standard InChI is InChI=1S/C19H25N3O/c1-2-22-14-17(12-20-22)13-21-10-6-9-18(15-21)19(23)11-16-7-4-3-5-8-16/h3-5,7-8,12,14,18H,2,6,9-11,13,15H2,1H3. The van der Waals surface area contributed by atoms with Crippen molar-refractivity contribution in [1.29, 1.82) is 0 Å². The predicted octanol–water partition coefficient (Wildman–Crippen LogP) is 2.93. The lowest BCUT2D eigenvalue weighted by Crippen LogP contribution is -2.38. The van der Waals surface area contributed by atoms with E-state index in [2.05, 4.69) is 23.1 Å². The second-order valence-electron chi connectivity index (χ2n) is 6.41. The summed E-state index contributed by atoms with van der Waals surface area (Å²) in [5.74, 6) is 0.551. The summed E-state index contributed by atoms with van der Waals surface area (Å²) in [5.41, 5.74) is 2.36. The molecule has 3 rings (SSSR count). The lowest BCUT2D eigenvalue weighted by atomic mass is 9.90. The monoisotopic (exact) mass is 311 g/mol. The van der Waals surface area contributed by atoms with Gasteiger partial charge in [-0.25, -0.2) is 0 Å². The number of likely N-dealkylation sites (tertiary alicyclic amines) is 1. The SMILES string of the molecule is CCn1cc(CN2CCCC(C(=O)Cc3ccccc3)C2)cn1. The molecule has 0 N–H and O–H groups in total. The van der Waals surface area contributed by atoms with Crippen LogP contribution in [0.1, 0.15) is 30.9 Å². The average molecular weight is 311 g/mol. The molecule has 0 radical (unpaired) electrons. The van der Waals surface area contributed by atoms with Gasteiger partial charge in [-0.1, -0.05) is 30.3 Å². The summed E-state index contributed by atoms with van der Waals surface area (Å²) >= 11 is 0. The number of ketones is 1. The highest BCUT2D eigenvalue weighted by molar-refractivity contribution is 5.83. The van der Waals surface area contributed by atoms with Gasteiger partial charge in [0.1, 0.15) is 5.78 Å². The third kappa shape index (κ3) is 4.29. The zero-order chi connectivity index (χ0) is 16.1. The Morgan fingerprint density at radius 3 is 2.83 bits per heavy atom. The minimum absolute atomic E-state index is 0.171. The maximum atomic E-state index is 12.6. The van der Waals surface area contributed by atoms with Crippen molar-refractivity contribution in [1.82, 2.24) is 14.7 Å². The highest BCUT2D eigenvalue weighted by atomic mass is 16.1. The van der Waals surface area contributed by atoms with Gasteiger partial charge >= 0.3 is 0 Å². The van der Waals surface area contributed by atoms with E-state index >= 15 is 0 Å². The molecule has 0 saturated carbocycles. The molecule has 0 aliphatic carbocycles. The quantitative estimate of drug-likeness (QED) is 0.823. The second-order valence-corrected chi connectivity index (χ2v) is 6.41. The van der Waals surface area contributed by atoms with E-state index in [1.165, 1.54) is 5.56 Å². The largest absolute Gasteiger partial charge is 0.299 e. The number of Topliss-reactive ketones (excluding diaryl/α,β-unsaturated/α-hetero) is 1. The Hall–Kier alpha value is -1.94. The first-order valence-electron chi connectivity index (χ1n) is 8.55. The molecule has 0 bridgehead atoms. The van der Waals surface area contributed by atoms with Gasteiger partial charge in [0.25, 0.3) is 0 Å². The van der Waals surface area contributed by atoms with Crippen LogP contribution in [0.4, 0.5) is 0 Å². The molecule has 1 aromatic heterocycles. The molecular weight excluding hydrogens is 286 g/mol. The van der Waals surface area contributed by atoms with Crippen LogP contribution in [0.3, 0.4) is 0 Å². The Morgan fingerprint density at radius 1 is 1.26 bits per heavy atom. The molecule has 2 heterocycles. The van der Waals surface area contributed by atoms with Gasteiger partial charge in [-0.15, -0.1) is 0 Å². The molecule has 1 aromatic carbocycles. The summed E-state index contributed by atoms with van der Waals surface area (Å²) in [6.45, 7) is 5.85. The Labute approximate surface area is 138 Å². The zero-order valence-electron chi connectivity index (χ0n) is 13.8. The van der Waals surface area contributed by atoms with Crippen LogP contribution in [-0.4, -0.2) is 33.6 Å². The first-order valence-corrected chi connectivity index (χ1v) is 8.55. The van der Waals surface area contributed by atoms with Crippen molar-refractivity contribution in [3.8, 4) is 0 Å². The average Bonchev–Trinajstić information content (AvgIpc) is 3.03. The van der Waals surface area contributed by atoms with Gasteiger partial charge in [-0.3, -0.25) is 14.4 Å². The fraction of sp³-hybridized carbons (Fsp3) is 0.474. The highest BCUT2D eigenvalue weighted by Gasteiger charge is 2.25. The van der Waals surface area contributed by atoms with E-state index in [9.17, 15) is 4.79 Å². The van der Waals surface area contributed by atoms with Crippen LogP contribution in [0.15, 0.2) is 42.7 Å². The van der Waals surface area contributed by atoms with Crippen LogP contribution >= 0.6 is 0 Å². The fourth-order valence-corrected chi connectivity index (χ4v) is 3.32. The number of hydrogen-bond donors (Lipinski definition) is 0. The number of piperidine rings is 1. The lowest BCUT2D eigenvalue weighted by Gasteiger charge is -2.31. The van der Waals surface area contributed by atoms with Gasteiger partial charge in [0, 0.05) is 43.7 Å². The molecule has 4 heteroatoms. The molecule has 1 fully saturated rings. The van der Waals surface area contributed by atoms with Crippen LogP contribution in [-0.2, 0) is 24.3 Å². The zero-order valence-corrected chi connectivity index (χ0v) is 13.8. The van der Waals surface area contributed by atoms with Gasteiger partial charge in [-0.05, 0) is 31.9 Å². The number of nitrogens with zero attached hydrogens (tertiary/aromatic N) is 3. The molecule has 122 valence electrons. The molecule has 2 aromatic rings. The van der Waals surface area contributed by atoms with E-state index in [1.54, 1.807) is 0 Å². The minimum Gasteiger partial charge on any atom is -0.299 e. The van der Waals surface area contributed by atoms with Crippen molar-refractivity contribution >= 4 is 5.78 Å². The Bertz CT molecular complexity index is 635. The van der Waals surface area contributed by atoms with Crippen molar-refractivity contribution < 1.29 is 4.79 Å². The molecule has 1 unspecified atom stereocenters. The molecule has 4 nitrogen and oxygen atoms in total. The van der Waals surface area contributed by atoms with Crippen molar-refractivity contribution in [2.45, 2.75) is 39.3 Å². The Morgan fingerprint density at radius 2 is 2.09 bits per heavy atom. The summed E-state index contributed by atoms with van der Waals surface area (Å²) in [7, 11) is 0. The number of aromatic nitrogens is 2. The van der Waals surface area contributed by atoms with Gasteiger partial charge in [0.2, 0.25) is 0 Å². The molecular formula is C19H25N3O. The van der Waals surface area contributed by atoms with Crippen LogP contribution in [0.5, 0.6) is 0 Å². The van der Waals surface area contributed by atoms with Crippen LogP contribution in [0.25, 0.3) is 0 Å². The Kier molecular flexibility index (Phi) is 5.23. The molecule has 23 heavy (non-hydrogen) atoms. The summed E-state index contributed by atoms with van der Waals surface area (Å²) in [6, 6.07) is 10.1. The van der Waals surface area contributed by atoms with E-state index in [1.807, 2.05) is 41.2 Å². The summed E-state index contributed by atoms with van der Waals surface area (Å²) in [4.78, 5) is 15.0. The minimum atomic E-state index is 0.171. The topological polar surface area (TPSA) is 38.1 Å². The van der Waals surface area contributed by atoms with Gasteiger partial charge < -0.3 is 0 Å². The third-order valence-corrected chi connectivity index (χ3v) is 4.60. The molecule has 0 spiro atoms. The predicted molar refractivity (Wildman–Crippen MR) is 91.1 cm³/mol. The van der Waals surface area contributed by atoms with Gasteiger partial charge in [0.15, 0.2) is 0 Å². The summed E-state index contributed by atoms with van der Waals surface area (Å²) in [6.07, 6.45) is 6.74. The van der Waals surface area contributed by atoms with Crippen LogP contribution in [0, 0.1) is 5.92 Å². The smallest absolute Gasteiger partial charge is 0.141 e. The maximum absolute atomic E-state index is 12.6. The first kappa shape index (κ1) is 15.9. The van der Waals surface area contributed by atoms with Crippen molar-refractivity contribution in [2.24, 2.45) is 5.92 Å². The van der Waals surface area contributed by atoms with Crippen molar-refractivity contribution in [3.05, 3.63) is 53.9 Å². The molecule has 1 saturated heterocycles. The highest BCUT2D eigenvalue weighted by Crippen LogP contribution is 2.21. The Balaban J connectivity index is 1.56. The van der Waals surface area contributed by atoms with Crippen LogP contribution < -0.4 is 0 Å². The number of benzene rings is 1.